The van der Waals surface area contributed by atoms with E-state index >= 15 is 0 Å². The molecule has 1 aromatic heterocycles. The van der Waals surface area contributed by atoms with Gasteiger partial charge in [-0.25, -0.2) is 4.98 Å². The number of hydrogen-bond acceptors (Lipinski definition) is 4. The van der Waals surface area contributed by atoms with Crippen molar-refractivity contribution >= 4 is 34.2 Å². The summed E-state index contributed by atoms with van der Waals surface area (Å²) < 4.78 is 44.4. The second kappa shape index (κ2) is 6.46. The molecular weight excluding hydrogens is 398 g/mol. The minimum absolute atomic E-state index is 0.0488. The van der Waals surface area contributed by atoms with Gasteiger partial charge in [0.05, 0.1) is 6.61 Å². The smallest absolute Gasteiger partial charge is 0.423 e. The van der Waals surface area contributed by atoms with Crippen LogP contribution in [0.25, 0.3) is 0 Å². The van der Waals surface area contributed by atoms with E-state index in [2.05, 4.69) is 37.9 Å². The topological polar surface area (TPSA) is 47.0 Å². The summed E-state index contributed by atoms with van der Waals surface area (Å²) in [5, 5.41) is 2.84. The minimum atomic E-state index is -4.55. The fraction of sp³-hybridized carbons (Fsp3) is 0.231. The zero-order valence-corrected chi connectivity index (χ0v) is 13.1. The van der Waals surface area contributed by atoms with Crippen molar-refractivity contribution in [2.75, 3.05) is 11.9 Å². The standard InChI is InChI=1S/C13H11F3IN3O/c1-2-21-11-10(13(14,15)16)7-18-12(20-11)19-9-5-3-8(17)4-6-9/h3-7H,2H2,1H3,(H,18,19,20). The molecule has 0 radical (unpaired) electrons. The van der Waals surface area contributed by atoms with E-state index < -0.39 is 17.6 Å². The predicted molar refractivity (Wildman–Crippen MR) is 80.6 cm³/mol. The fourth-order valence-electron chi connectivity index (χ4n) is 1.53. The lowest BCUT2D eigenvalue weighted by Gasteiger charge is -2.13. The minimum Gasteiger partial charge on any atom is -0.477 e. The van der Waals surface area contributed by atoms with Crippen molar-refractivity contribution in [2.45, 2.75) is 13.1 Å². The second-order valence-electron chi connectivity index (χ2n) is 3.98. The number of alkyl halides is 3. The maximum absolute atomic E-state index is 12.8. The van der Waals surface area contributed by atoms with Gasteiger partial charge >= 0.3 is 6.18 Å². The van der Waals surface area contributed by atoms with Crippen molar-refractivity contribution in [3.8, 4) is 5.88 Å². The van der Waals surface area contributed by atoms with Gasteiger partial charge < -0.3 is 10.1 Å². The molecule has 0 unspecified atom stereocenters. The zero-order valence-electron chi connectivity index (χ0n) is 10.9. The van der Waals surface area contributed by atoms with Gasteiger partial charge in [0, 0.05) is 15.5 Å². The van der Waals surface area contributed by atoms with E-state index in [4.69, 9.17) is 4.74 Å². The molecule has 8 heteroatoms. The molecule has 0 aliphatic carbocycles. The van der Waals surface area contributed by atoms with Crippen LogP contribution in [0.5, 0.6) is 5.88 Å². The molecule has 0 spiro atoms. The third-order valence-corrected chi connectivity index (χ3v) is 3.16. The Hall–Kier alpha value is -1.58. The first-order valence-corrected chi connectivity index (χ1v) is 7.07. The van der Waals surface area contributed by atoms with Crippen LogP contribution in [0, 0.1) is 3.57 Å². The van der Waals surface area contributed by atoms with Crippen LogP contribution < -0.4 is 10.1 Å². The van der Waals surface area contributed by atoms with E-state index in [1.54, 1.807) is 19.1 Å². The largest absolute Gasteiger partial charge is 0.477 e. The highest BCUT2D eigenvalue weighted by molar-refractivity contribution is 14.1. The average molecular weight is 409 g/mol. The molecule has 0 amide bonds. The zero-order chi connectivity index (χ0) is 15.5. The van der Waals surface area contributed by atoms with Gasteiger partial charge in [0.15, 0.2) is 0 Å². The quantitative estimate of drug-likeness (QED) is 0.768. The van der Waals surface area contributed by atoms with Gasteiger partial charge in [-0.15, -0.1) is 0 Å². The highest BCUT2D eigenvalue weighted by Crippen LogP contribution is 2.35. The van der Waals surface area contributed by atoms with Crippen LogP contribution in [0.3, 0.4) is 0 Å². The molecular formula is C13H11F3IN3O. The number of anilines is 2. The van der Waals surface area contributed by atoms with Gasteiger partial charge in [-0.3, -0.25) is 0 Å². The molecule has 1 N–H and O–H groups in total. The molecule has 0 aliphatic rings. The number of rotatable bonds is 4. The van der Waals surface area contributed by atoms with Gasteiger partial charge in [0.25, 0.3) is 0 Å². The molecule has 2 rings (SSSR count). The summed E-state index contributed by atoms with van der Waals surface area (Å²) in [6.07, 6.45) is -3.83. The highest BCUT2D eigenvalue weighted by Gasteiger charge is 2.36. The molecule has 0 fully saturated rings. The van der Waals surface area contributed by atoms with Crippen molar-refractivity contribution in [2.24, 2.45) is 0 Å². The lowest BCUT2D eigenvalue weighted by atomic mass is 10.3. The molecule has 0 atom stereocenters. The number of ether oxygens (including phenoxy) is 1. The van der Waals surface area contributed by atoms with Crippen LogP contribution in [-0.4, -0.2) is 16.6 Å². The molecule has 112 valence electrons. The second-order valence-corrected chi connectivity index (χ2v) is 5.22. The Bertz CT molecular complexity index is 617. The van der Waals surface area contributed by atoms with E-state index in [1.165, 1.54) is 0 Å². The van der Waals surface area contributed by atoms with E-state index in [0.717, 1.165) is 3.57 Å². The van der Waals surface area contributed by atoms with Crippen LogP contribution in [0.1, 0.15) is 12.5 Å². The fourth-order valence-corrected chi connectivity index (χ4v) is 1.89. The molecule has 0 saturated heterocycles. The first-order valence-electron chi connectivity index (χ1n) is 5.99. The van der Waals surface area contributed by atoms with Gasteiger partial charge in [-0.05, 0) is 53.8 Å². The Morgan fingerprint density at radius 3 is 2.48 bits per heavy atom. The SMILES string of the molecule is CCOc1nc(Nc2ccc(I)cc2)ncc1C(F)(F)F. The Balaban J connectivity index is 2.29. The summed E-state index contributed by atoms with van der Waals surface area (Å²) in [6, 6.07) is 7.28. The van der Waals surface area contributed by atoms with Gasteiger partial charge in [-0.2, -0.15) is 18.2 Å². The van der Waals surface area contributed by atoms with Gasteiger partial charge in [-0.1, -0.05) is 0 Å². The molecule has 1 heterocycles. The van der Waals surface area contributed by atoms with E-state index in [9.17, 15) is 13.2 Å². The number of nitrogens with zero attached hydrogens (tertiary/aromatic N) is 2. The maximum atomic E-state index is 12.8. The van der Waals surface area contributed by atoms with Crippen LogP contribution in [0.4, 0.5) is 24.8 Å². The maximum Gasteiger partial charge on any atom is 0.423 e. The summed E-state index contributed by atoms with van der Waals surface area (Å²) in [6.45, 7) is 1.68. The number of hydrogen-bond donors (Lipinski definition) is 1. The Labute approximate surface area is 132 Å². The van der Waals surface area contributed by atoms with Crippen molar-refractivity contribution in [1.29, 1.82) is 0 Å². The van der Waals surface area contributed by atoms with Crippen LogP contribution in [0.2, 0.25) is 0 Å². The van der Waals surface area contributed by atoms with E-state index in [-0.39, 0.29) is 12.6 Å². The van der Waals surface area contributed by atoms with Gasteiger partial charge in [0.1, 0.15) is 5.56 Å². The lowest BCUT2D eigenvalue weighted by Crippen LogP contribution is -2.12. The monoisotopic (exact) mass is 409 g/mol. The predicted octanol–water partition coefficient (Wildman–Crippen LogP) is 4.24. The summed E-state index contributed by atoms with van der Waals surface area (Å²) in [5.41, 5.74) is -0.310. The lowest BCUT2D eigenvalue weighted by molar-refractivity contribution is -0.139. The number of nitrogens with one attached hydrogen (secondary N) is 1. The summed E-state index contributed by atoms with van der Waals surface area (Å²) >= 11 is 2.15. The van der Waals surface area contributed by atoms with Crippen LogP contribution in [-0.2, 0) is 6.18 Å². The molecule has 4 nitrogen and oxygen atoms in total. The number of aromatic nitrogens is 2. The first kappa shape index (κ1) is 15.8. The Morgan fingerprint density at radius 2 is 1.90 bits per heavy atom. The summed E-state index contributed by atoms with van der Waals surface area (Å²) in [4.78, 5) is 7.46. The number of benzene rings is 1. The van der Waals surface area contributed by atoms with Gasteiger partial charge in [0.2, 0.25) is 11.8 Å². The number of halogens is 4. The van der Waals surface area contributed by atoms with Crippen molar-refractivity contribution < 1.29 is 17.9 Å². The third kappa shape index (κ3) is 4.19. The molecule has 2 aromatic rings. The Morgan fingerprint density at radius 1 is 1.24 bits per heavy atom. The van der Waals surface area contributed by atoms with Crippen LogP contribution >= 0.6 is 22.6 Å². The average Bonchev–Trinajstić information content (AvgIpc) is 2.41. The van der Waals surface area contributed by atoms with Crippen molar-refractivity contribution in [3.63, 3.8) is 0 Å². The summed E-state index contributed by atoms with van der Waals surface area (Å²) in [5.74, 6) is -0.430. The molecule has 21 heavy (non-hydrogen) atoms. The highest BCUT2D eigenvalue weighted by atomic mass is 127. The van der Waals surface area contributed by atoms with E-state index in [1.807, 2.05) is 12.1 Å². The molecule has 0 bridgehead atoms. The summed E-state index contributed by atoms with van der Waals surface area (Å²) in [7, 11) is 0. The molecule has 0 aliphatic heterocycles. The molecule has 0 saturated carbocycles. The van der Waals surface area contributed by atoms with Crippen molar-refractivity contribution in [1.82, 2.24) is 9.97 Å². The normalized spacial score (nSPS) is 11.3. The van der Waals surface area contributed by atoms with Crippen LogP contribution in [0.15, 0.2) is 30.5 Å². The van der Waals surface area contributed by atoms with Crippen molar-refractivity contribution in [3.05, 3.63) is 39.6 Å². The molecule has 1 aromatic carbocycles. The third-order valence-electron chi connectivity index (χ3n) is 2.44. The van der Waals surface area contributed by atoms with E-state index in [0.29, 0.717) is 11.9 Å². The first-order chi connectivity index (χ1) is 9.90. The Kier molecular flexibility index (Phi) is 4.86.